The summed E-state index contributed by atoms with van der Waals surface area (Å²) in [6.45, 7) is 1.84. The van der Waals surface area contributed by atoms with Gasteiger partial charge in [-0.05, 0) is 30.7 Å². The maximum atomic E-state index is 13.4. The number of aromatic nitrogens is 2. The van der Waals surface area contributed by atoms with Crippen molar-refractivity contribution >= 4 is 45.1 Å². The number of anilines is 1. The summed E-state index contributed by atoms with van der Waals surface area (Å²) in [7, 11) is 1.51. The van der Waals surface area contributed by atoms with Crippen molar-refractivity contribution in [3.05, 3.63) is 87.7 Å². The Labute approximate surface area is 199 Å². The molecule has 2 heterocycles. The molecule has 0 radical (unpaired) electrons. The number of thiophene rings is 1. The molecule has 2 aromatic heterocycles. The van der Waals surface area contributed by atoms with Crippen molar-refractivity contribution in [2.45, 2.75) is 6.92 Å². The van der Waals surface area contributed by atoms with Gasteiger partial charge in [-0.2, -0.15) is 9.78 Å². The Morgan fingerprint density at radius 2 is 1.94 bits per heavy atom. The van der Waals surface area contributed by atoms with E-state index in [4.69, 9.17) is 9.47 Å². The van der Waals surface area contributed by atoms with E-state index in [1.807, 2.05) is 30.3 Å². The first kappa shape index (κ1) is 22.9. The number of carbonyl (C=O) groups excluding carboxylic acids is 2. The number of amides is 1. The summed E-state index contributed by atoms with van der Waals surface area (Å²) in [4.78, 5) is 38.7. The number of rotatable bonds is 7. The smallest absolute Gasteiger partial charge is 0.359 e. The van der Waals surface area contributed by atoms with Crippen molar-refractivity contribution < 1.29 is 19.1 Å². The van der Waals surface area contributed by atoms with Crippen molar-refractivity contribution in [3.63, 3.8) is 0 Å². The van der Waals surface area contributed by atoms with Gasteiger partial charge in [0.25, 0.3) is 5.56 Å². The normalized spacial score (nSPS) is 11.0. The van der Waals surface area contributed by atoms with Crippen LogP contribution in [0.15, 0.2) is 70.8 Å². The molecule has 4 aromatic rings. The largest absolute Gasteiger partial charge is 0.497 e. The van der Waals surface area contributed by atoms with Crippen LogP contribution in [0.1, 0.15) is 23.0 Å². The van der Waals surface area contributed by atoms with E-state index >= 15 is 0 Å². The molecule has 0 aliphatic rings. The zero-order valence-corrected chi connectivity index (χ0v) is 19.3. The first-order valence-corrected chi connectivity index (χ1v) is 11.3. The Balaban J connectivity index is 1.80. The van der Waals surface area contributed by atoms with Gasteiger partial charge in [-0.25, -0.2) is 4.79 Å². The summed E-state index contributed by atoms with van der Waals surface area (Å²) < 4.78 is 11.5. The van der Waals surface area contributed by atoms with Gasteiger partial charge in [0.1, 0.15) is 10.8 Å². The highest BCUT2D eigenvalue weighted by Crippen LogP contribution is 2.31. The van der Waals surface area contributed by atoms with Crippen LogP contribution in [-0.2, 0) is 9.53 Å². The fraction of sp³-hybridized carbons (Fsp3) is 0.120. The second-order valence-corrected chi connectivity index (χ2v) is 7.95. The fourth-order valence-corrected chi connectivity index (χ4v) is 4.24. The number of benzene rings is 2. The third-order valence-corrected chi connectivity index (χ3v) is 5.78. The molecule has 0 spiro atoms. The minimum absolute atomic E-state index is 0.0177. The minimum Gasteiger partial charge on any atom is -0.497 e. The highest BCUT2D eigenvalue weighted by atomic mass is 32.1. The highest BCUT2D eigenvalue weighted by molar-refractivity contribution is 7.16. The predicted octanol–water partition coefficient (Wildman–Crippen LogP) is 4.28. The molecule has 0 unspecified atom stereocenters. The maximum absolute atomic E-state index is 13.4. The maximum Gasteiger partial charge on any atom is 0.359 e. The number of carbonyl (C=O) groups is 2. The predicted molar refractivity (Wildman–Crippen MR) is 132 cm³/mol. The van der Waals surface area contributed by atoms with Crippen LogP contribution in [0, 0.1) is 0 Å². The van der Waals surface area contributed by atoms with Crippen LogP contribution in [0.5, 0.6) is 5.75 Å². The van der Waals surface area contributed by atoms with Crippen LogP contribution in [0.25, 0.3) is 22.5 Å². The molecule has 1 amide bonds. The Hall–Kier alpha value is -4.24. The Kier molecular flexibility index (Phi) is 6.84. The van der Waals surface area contributed by atoms with Crippen LogP contribution in [0.3, 0.4) is 0 Å². The van der Waals surface area contributed by atoms with E-state index in [2.05, 4.69) is 10.4 Å². The lowest BCUT2D eigenvalue weighted by molar-refractivity contribution is -0.111. The molecule has 0 saturated carbocycles. The standard InChI is InChI=1S/C25H21N3O5S/c1-3-33-25(31)22-19-15-34-23(26-20(29)13-12-16-8-5-4-6-9-16)21(19)24(30)28(27-22)17-10-7-11-18(14-17)32-2/h4-15H,3H2,1-2H3,(H,26,29)/b13-12+. The molecule has 0 fully saturated rings. The van der Waals surface area contributed by atoms with Gasteiger partial charge in [0.15, 0.2) is 5.69 Å². The summed E-state index contributed by atoms with van der Waals surface area (Å²) >= 11 is 1.14. The average molecular weight is 476 g/mol. The molecule has 0 saturated heterocycles. The zero-order chi connectivity index (χ0) is 24.1. The summed E-state index contributed by atoms with van der Waals surface area (Å²) in [5, 5.41) is 9.45. The molecule has 0 aliphatic heterocycles. The van der Waals surface area contributed by atoms with Gasteiger partial charge in [0.2, 0.25) is 5.91 Å². The van der Waals surface area contributed by atoms with E-state index in [0.29, 0.717) is 21.8 Å². The van der Waals surface area contributed by atoms with Crippen molar-refractivity contribution in [3.8, 4) is 11.4 Å². The first-order chi connectivity index (χ1) is 16.5. The first-order valence-electron chi connectivity index (χ1n) is 10.4. The van der Waals surface area contributed by atoms with Crippen LogP contribution < -0.4 is 15.6 Å². The number of fused-ring (bicyclic) bond motifs is 1. The zero-order valence-electron chi connectivity index (χ0n) is 18.5. The summed E-state index contributed by atoms with van der Waals surface area (Å²) in [5.74, 6) is -0.549. The minimum atomic E-state index is -0.663. The Bertz CT molecular complexity index is 1440. The number of nitrogens with one attached hydrogen (secondary N) is 1. The molecule has 8 nitrogen and oxygen atoms in total. The summed E-state index contributed by atoms with van der Waals surface area (Å²) in [6, 6.07) is 16.1. The average Bonchev–Trinajstić information content (AvgIpc) is 3.27. The van der Waals surface area contributed by atoms with Crippen molar-refractivity contribution in [2.75, 3.05) is 19.0 Å². The number of hydrogen-bond acceptors (Lipinski definition) is 7. The van der Waals surface area contributed by atoms with E-state index in [-0.39, 0.29) is 17.7 Å². The van der Waals surface area contributed by atoms with E-state index in [1.54, 1.807) is 42.6 Å². The lowest BCUT2D eigenvalue weighted by Crippen LogP contribution is -2.25. The second kappa shape index (κ2) is 10.1. The van der Waals surface area contributed by atoms with E-state index in [0.717, 1.165) is 21.6 Å². The lowest BCUT2D eigenvalue weighted by atomic mass is 10.2. The van der Waals surface area contributed by atoms with Crippen LogP contribution in [-0.4, -0.2) is 35.4 Å². The van der Waals surface area contributed by atoms with Crippen molar-refractivity contribution in [2.24, 2.45) is 0 Å². The molecule has 0 bridgehead atoms. The Morgan fingerprint density at radius 1 is 1.15 bits per heavy atom. The van der Waals surface area contributed by atoms with Gasteiger partial charge >= 0.3 is 5.97 Å². The van der Waals surface area contributed by atoms with Gasteiger partial charge in [-0.1, -0.05) is 36.4 Å². The van der Waals surface area contributed by atoms with Crippen molar-refractivity contribution in [1.82, 2.24) is 9.78 Å². The molecular formula is C25H21N3O5S. The number of ether oxygens (including phenoxy) is 2. The van der Waals surface area contributed by atoms with Gasteiger partial charge in [0, 0.05) is 22.9 Å². The number of nitrogens with zero attached hydrogens (tertiary/aromatic N) is 2. The van der Waals surface area contributed by atoms with Gasteiger partial charge in [0.05, 0.1) is 24.8 Å². The van der Waals surface area contributed by atoms with Crippen LogP contribution in [0.2, 0.25) is 0 Å². The molecule has 34 heavy (non-hydrogen) atoms. The summed E-state index contributed by atoms with van der Waals surface area (Å²) in [5.41, 5.74) is 0.767. The molecule has 4 rings (SSSR count). The fourth-order valence-electron chi connectivity index (χ4n) is 3.30. The quantitative estimate of drug-likeness (QED) is 0.316. The van der Waals surface area contributed by atoms with E-state index in [9.17, 15) is 14.4 Å². The topological polar surface area (TPSA) is 99.5 Å². The van der Waals surface area contributed by atoms with Crippen LogP contribution in [0.4, 0.5) is 5.00 Å². The lowest BCUT2D eigenvalue weighted by Gasteiger charge is -2.10. The number of esters is 1. The van der Waals surface area contributed by atoms with Gasteiger partial charge in [-0.3, -0.25) is 9.59 Å². The molecule has 0 atom stereocenters. The number of hydrogen-bond donors (Lipinski definition) is 1. The second-order valence-electron chi connectivity index (χ2n) is 7.07. The molecule has 1 N–H and O–H groups in total. The summed E-state index contributed by atoms with van der Waals surface area (Å²) in [6.07, 6.45) is 3.06. The molecule has 172 valence electrons. The molecular weight excluding hydrogens is 454 g/mol. The highest BCUT2D eigenvalue weighted by Gasteiger charge is 2.23. The third kappa shape index (κ3) is 4.74. The number of methoxy groups -OCH3 is 1. The van der Waals surface area contributed by atoms with Crippen LogP contribution >= 0.6 is 11.3 Å². The Morgan fingerprint density at radius 3 is 2.68 bits per heavy atom. The molecule has 0 aliphatic carbocycles. The third-order valence-electron chi connectivity index (χ3n) is 4.88. The van der Waals surface area contributed by atoms with Gasteiger partial charge in [-0.15, -0.1) is 11.3 Å². The van der Waals surface area contributed by atoms with Gasteiger partial charge < -0.3 is 14.8 Å². The van der Waals surface area contributed by atoms with E-state index in [1.165, 1.54) is 13.2 Å². The monoisotopic (exact) mass is 475 g/mol. The van der Waals surface area contributed by atoms with E-state index < -0.39 is 17.4 Å². The molecule has 2 aromatic carbocycles. The van der Waals surface area contributed by atoms with Crippen molar-refractivity contribution in [1.29, 1.82) is 0 Å². The molecule has 9 heteroatoms. The SMILES string of the molecule is CCOC(=O)c1nn(-c2cccc(OC)c2)c(=O)c2c(NC(=O)/C=C/c3ccccc3)scc12.